The largest absolute Gasteiger partial charge is 0.0651 e. The van der Waals surface area contributed by atoms with Crippen LogP contribution in [0.25, 0.3) is 0 Å². The Morgan fingerprint density at radius 2 is 0.850 bits per heavy atom. The molecule has 0 unspecified atom stereocenters. The van der Waals surface area contributed by atoms with Gasteiger partial charge in [0.2, 0.25) is 0 Å². The maximum atomic E-state index is 2.46. The smallest absolute Gasteiger partial charge is 0.0443 e. The lowest BCUT2D eigenvalue weighted by Crippen LogP contribution is -2.01. The van der Waals surface area contributed by atoms with E-state index in [1.165, 1.54) is 64.2 Å². The molecule has 0 aromatic heterocycles. The molecular weight excluding hydrogens is 240 g/mol. The summed E-state index contributed by atoms with van der Waals surface area (Å²) in [7, 11) is 0. The zero-order valence-corrected chi connectivity index (χ0v) is 15.4. The molecule has 0 aliphatic rings. The second-order valence-electron chi connectivity index (χ2n) is 7.91. The molecular formula is C20H42. The van der Waals surface area contributed by atoms with Crippen molar-refractivity contribution in [3.8, 4) is 0 Å². The van der Waals surface area contributed by atoms with Gasteiger partial charge in [-0.15, -0.1) is 0 Å². The van der Waals surface area contributed by atoms with Gasteiger partial charge in [0.1, 0.15) is 0 Å². The lowest BCUT2D eigenvalue weighted by Gasteiger charge is -2.15. The summed E-state index contributed by atoms with van der Waals surface area (Å²) in [5.74, 6) is 3.71. The summed E-state index contributed by atoms with van der Waals surface area (Å²) in [6.07, 6.45) is 14.3. The molecule has 0 aliphatic carbocycles. The summed E-state index contributed by atoms with van der Waals surface area (Å²) in [5.41, 5.74) is 0. The van der Waals surface area contributed by atoms with Crippen LogP contribution < -0.4 is 0 Å². The van der Waals surface area contributed by atoms with Crippen molar-refractivity contribution >= 4 is 0 Å². The first kappa shape index (κ1) is 20.0. The normalized spacial score (nSPS) is 16.4. The Kier molecular flexibility index (Phi) is 12.7. The van der Waals surface area contributed by atoms with Gasteiger partial charge in [-0.25, -0.2) is 0 Å². The Balaban J connectivity index is 3.43. The average Bonchev–Trinajstić information content (AvgIpc) is 2.38. The van der Waals surface area contributed by atoms with E-state index in [0.717, 1.165) is 23.7 Å². The maximum absolute atomic E-state index is 2.46. The van der Waals surface area contributed by atoms with Crippen molar-refractivity contribution in [3.63, 3.8) is 0 Å². The maximum Gasteiger partial charge on any atom is -0.0443 e. The Labute approximate surface area is 130 Å². The van der Waals surface area contributed by atoms with Crippen LogP contribution in [0.1, 0.15) is 106 Å². The zero-order chi connectivity index (χ0) is 15.4. The molecule has 0 saturated carbocycles. The van der Waals surface area contributed by atoms with Gasteiger partial charge in [0.25, 0.3) is 0 Å². The number of hydrogen-bond acceptors (Lipinski definition) is 0. The molecule has 0 amide bonds. The monoisotopic (exact) mass is 282 g/mol. The van der Waals surface area contributed by atoms with Gasteiger partial charge in [-0.05, 0) is 23.7 Å². The Bertz CT molecular complexity index is 194. The second kappa shape index (κ2) is 12.7. The van der Waals surface area contributed by atoms with Crippen molar-refractivity contribution in [2.75, 3.05) is 0 Å². The number of rotatable bonds is 13. The Morgan fingerprint density at radius 1 is 0.500 bits per heavy atom. The van der Waals surface area contributed by atoms with E-state index >= 15 is 0 Å². The Morgan fingerprint density at radius 3 is 1.20 bits per heavy atom. The van der Waals surface area contributed by atoms with Crippen molar-refractivity contribution in [2.24, 2.45) is 23.7 Å². The molecule has 0 radical (unpaired) electrons. The molecule has 0 bridgehead atoms. The van der Waals surface area contributed by atoms with Crippen LogP contribution in [0.3, 0.4) is 0 Å². The predicted octanol–water partition coefficient (Wildman–Crippen LogP) is 7.47. The van der Waals surface area contributed by atoms with Crippen LogP contribution in [0, 0.1) is 23.7 Å². The molecule has 0 aromatic carbocycles. The highest BCUT2D eigenvalue weighted by atomic mass is 14.1. The van der Waals surface area contributed by atoms with Gasteiger partial charge in [-0.1, -0.05) is 106 Å². The molecule has 0 spiro atoms. The quantitative estimate of drug-likeness (QED) is 0.328. The van der Waals surface area contributed by atoms with Gasteiger partial charge in [-0.3, -0.25) is 0 Å². The molecule has 0 rings (SSSR count). The van der Waals surface area contributed by atoms with E-state index in [9.17, 15) is 0 Å². The lowest BCUT2D eigenvalue weighted by molar-refractivity contribution is 0.376. The van der Waals surface area contributed by atoms with Crippen LogP contribution in [0.4, 0.5) is 0 Å². The van der Waals surface area contributed by atoms with Gasteiger partial charge in [-0.2, -0.15) is 0 Å². The van der Waals surface area contributed by atoms with Gasteiger partial charge < -0.3 is 0 Å². The van der Waals surface area contributed by atoms with Crippen LogP contribution >= 0.6 is 0 Å². The van der Waals surface area contributed by atoms with Crippen LogP contribution in [0.2, 0.25) is 0 Å². The van der Waals surface area contributed by atoms with E-state index < -0.39 is 0 Å². The highest BCUT2D eigenvalue weighted by Crippen LogP contribution is 2.22. The molecule has 0 aromatic rings. The minimum atomic E-state index is 0.882. The highest BCUT2D eigenvalue weighted by molar-refractivity contribution is 4.60. The minimum Gasteiger partial charge on any atom is -0.0651 e. The second-order valence-corrected chi connectivity index (χ2v) is 7.91. The lowest BCUT2D eigenvalue weighted by atomic mass is 9.91. The van der Waals surface area contributed by atoms with Crippen LogP contribution in [0.5, 0.6) is 0 Å². The van der Waals surface area contributed by atoms with Crippen LogP contribution in [-0.4, -0.2) is 0 Å². The Hall–Kier alpha value is 0. The molecule has 0 nitrogen and oxygen atoms in total. The van der Waals surface area contributed by atoms with Gasteiger partial charge in [0, 0.05) is 0 Å². The van der Waals surface area contributed by atoms with Gasteiger partial charge in [0.15, 0.2) is 0 Å². The number of hydrogen-bond donors (Lipinski definition) is 0. The summed E-state index contributed by atoms with van der Waals surface area (Å²) >= 11 is 0. The SMILES string of the molecule is CC[C@H](C)CCC[C@H](C)CCC[C@@H](C)CCCC(C)C. The molecule has 20 heavy (non-hydrogen) atoms. The summed E-state index contributed by atoms with van der Waals surface area (Å²) in [6.45, 7) is 14.3. The van der Waals surface area contributed by atoms with E-state index in [2.05, 4.69) is 41.5 Å². The summed E-state index contributed by atoms with van der Waals surface area (Å²) in [4.78, 5) is 0. The van der Waals surface area contributed by atoms with Crippen LogP contribution in [-0.2, 0) is 0 Å². The summed E-state index contributed by atoms with van der Waals surface area (Å²) < 4.78 is 0. The molecule has 0 heterocycles. The van der Waals surface area contributed by atoms with Crippen molar-refractivity contribution in [1.29, 1.82) is 0 Å². The molecule has 0 fully saturated rings. The third kappa shape index (κ3) is 13.0. The van der Waals surface area contributed by atoms with Gasteiger partial charge >= 0.3 is 0 Å². The topological polar surface area (TPSA) is 0 Å². The highest BCUT2D eigenvalue weighted by Gasteiger charge is 2.07. The van der Waals surface area contributed by atoms with Crippen molar-refractivity contribution < 1.29 is 0 Å². The van der Waals surface area contributed by atoms with E-state index in [-0.39, 0.29) is 0 Å². The first-order valence-corrected chi connectivity index (χ1v) is 9.45. The fourth-order valence-corrected chi connectivity index (χ4v) is 3.00. The molecule has 0 N–H and O–H groups in total. The average molecular weight is 283 g/mol. The summed E-state index contributed by atoms with van der Waals surface area (Å²) in [5, 5.41) is 0. The van der Waals surface area contributed by atoms with E-state index in [1.54, 1.807) is 0 Å². The van der Waals surface area contributed by atoms with Crippen molar-refractivity contribution in [3.05, 3.63) is 0 Å². The molecule has 3 atom stereocenters. The van der Waals surface area contributed by atoms with E-state index in [4.69, 9.17) is 0 Å². The molecule has 122 valence electrons. The van der Waals surface area contributed by atoms with Crippen molar-refractivity contribution in [1.82, 2.24) is 0 Å². The fourth-order valence-electron chi connectivity index (χ4n) is 3.00. The molecule has 0 aliphatic heterocycles. The first-order chi connectivity index (χ1) is 9.45. The minimum absolute atomic E-state index is 0.882. The van der Waals surface area contributed by atoms with E-state index in [0.29, 0.717) is 0 Å². The first-order valence-electron chi connectivity index (χ1n) is 9.45. The summed E-state index contributed by atoms with van der Waals surface area (Å²) in [6, 6.07) is 0. The molecule has 0 saturated heterocycles. The fraction of sp³-hybridized carbons (Fsp3) is 1.00. The van der Waals surface area contributed by atoms with Crippen molar-refractivity contribution in [2.45, 2.75) is 106 Å². The third-order valence-electron chi connectivity index (χ3n) is 4.96. The zero-order valence-electron chi connectivity index (χ0n) is 15.4. The predicted molar refractivity (Wildman–Crippen MR) is 94.2 cm³/mol. The van der Waals surface area contributed by atoms with E-state index in [1.807, 2.05) is 0 Å². The third-order valence-corrected chi connectivity index (χ3v) is 4.96. The molecule has 0 heteroatoms. The standard InChI is InChI=1S/C20H42/c1-7-18(4)12-9-14-20(6)16-10-15-19(5)13-8-11-17(2)3/h17-20H,7-16H2,1-6H3/t18-,19-,20-/m0/s1. The van der Waals surface area contributed by atoms with Gasteiger partial charge in [0.05, 0.1) is 0 Å². The van der Waals surface area contributed by atoms with Crippen LogP contribution in [0.15, 0.2) is 0 Å².